The highest BCUT2D eigenvalue weighted by atomic mass is 35.5. The Morgan fingerprint density at radius 3 is 2.81 bits per heavy atom. The molecule has 1 fully saturated rings. The summed E-state index contributed by atoms with van der Waals surface area (Å²) >= 11 is 6.33. The molecule has 1 N–H and O–H groups in total. The largest absolute Gasteiger partial charge is 0.491 e. The van der Waals surface area contributed by atoms with Gasteiger partial charge in [-0.05, 0) is 57.5 Å². The number of benzene rings is 1. The second-order valence-electron chi connectivity index (χ2n) is 5.93. The van der Waals surface area contributed by atoms with Crippen LogP contribution in [0.3, 0.4) is 0 Å². The van der Waals surface area contributed by atoms with Crippen LogP contribution in [0.5, 0.6) is 5.75 Å². The lowest BCUT2D eigenvalue weighted by Crippen LogP contribution is -2.26. The molecule has 0 radical (unpaired) electrons. The van der Waals surface area contributed by atoms with E-state index in [1.165, 1.54) is 18.4 Å². The smallest absolute Gasteiger partial charge is 0.137 e. The summed E-state index contributed by atoms with van der Waals surface area (Å²) in [6.45, 7) is 6.99. The van der Waals surface area contributed by atoms with Crippen LogP contribution in [0.15, 0.2) is 18.2 Å². The Labute approximate surface area is 133 Å². The number of likely N-dealkylation sites (N-methyl/N-ethyl adjacent to an activating group) is 1. The molecule has 2 rings (SSSR count). The van der Waals surface area contributed by atoms with Gasteiger partial charge in [-0.1, -0.05) is 24.6 Å². The summed E-state index contributed by atoms with van der Waals surface area (Å²) in [5, 5.41) is 4.17. The molecule has 1 unspecified atom stereocenters. The number of ether oxygens (including phenoxy) is 1. The van der Waals surface area contributed by atoms with Crippen LogP contribution in [-0.2, 0) is 0 Å². The van der Waals surface area contributed by atoms with Crippen molar-refractivity contribution < 1.29 is 4.74 Å². The third-order valence-corrected chi connectivity index (χ3v) is 4.32. The topological polar surface area (TPSA) is 24.5 Å². The molecule has 4 heteroatoms. The molecule has 0 amide bonds. The van der Waals surface area contributed by atoms with Gasteiger partial charge in [-0.2, -0.15) is 0 Å². The Kier molecular flexibility index (Phi) is 6.34. The van der Waals surface area contributed by atoms with Crippen LogP contribution in [0, 0.1) is 0 Å². The average molecular weight is 311 g/mol. The van der Waals surface area contributed by atoms with Crippen molar-refractivity contribution in [2.24, 2.45) is 0 Å². The minimum Gasteiger partial charge on any atom is -0.491 e. The van der Waals surface area contributed by atoms with Gasteiger partial charge in [-0.15, -0.1) is 0 Å². The maximum Gasteiger partial charge on any atom is 0.137 e. The molecule has 0 aliphatic heterocycles. The van der Waals surface area contributed by atoms with Gasteiger partial charge in [0, 0.05) is 18.6 Å². The molecule has 3 nitrogen and oxygen atoms in total. The SMILES string of the molecule is CCCNC(C)c1ccc(OCCN(C)C2CC2)c(Cl)c1. The van der Waals surface area contributed by atoms with E-state index in [2.05, 4.69) is 37.2 Å². The summed E-state index contributed by atoms with van der Waals surface area (Å²) in [4.78, 5) is 2.36. The van der Waals surface area contributed by atoms with Gasteiger partial charge in [0.1, 0.15) is 12.4 Å². The Bertz CT molecular complexity index is 448. The van der Waals surface area contributed by atoms with Crippen molar-refractivity contribution in [1.82, 2.24) is 10.2 Å². The molecule has 1 saturated carbocycles. The van der Waals surface area contributed by atoms with E-state index in [0.717, 1.165) is 31.3 Å². The van der Waals surface area contributed by atoms with Crippen molar-refractivity contribution >= 4 is 11.6 Å². The zero-order chi connectivity index (χ0) is 15.2. The highest BCUT2D eigenvalue weighted by molar-refractivity contribution is 6.32. The molecule has 0 aromatic heterocycles. The fraction of sp³-hybridized carbons (Fsp3) is 0.647. The van der Waals surface area contributed by atoms with Crippen molar-refractivity contribution in [1.29, 1.82) is 0 Å². The van der Waals surface area contributed by atoms with Gasteiger partial charge in [0.05, 0.1) is 5.02 Å². The second kappa shape index (κ2) is 8.02. The van der Waals surface area contributed by atoms with Gasteiger partial charge < -0.3 is 15.0 Å². The monoisotopic (exact) mass is 310 g/mol. The Morgan fingerprint density at radius 2 is 2.19 bits per heavy atom. The van der Waals surface area contributed by atoms with Crippen molar-refractivity contribution in [3.05, 3.63) is 28.8 Å². The second-order valence-corrected chi connectivity index (χ2v) is 6.33. The van der Waals surface area contributed by atoms with Crippen LogP contribution in [0.4, 0.5) is 0 Å². The molecule has 1 aromatic rings. The zero-order valence-corrected chi connectivity index (χ0v) is 14.1. The van der Waals surface area contributed by atoms with E-state index in [-0.39, 0.29) is 0 Å². The standard InChI is InChI=1S/C17H27ClN2O/c1-4-9-19-13(2)14-5-8-17(16(18)12-14)21-11-10-20(3)15-6-7-15/h5,8,12-13,15,19H,4,6-7,9-11H2,1-3H3. The number of nitrogens with one attached hydrogen (secondary N) is 1. The molecule has 0 saturated heterocycles. The summed E-state index contributed by atoms with van der Waals surface area (Å²) in [7, 11) is 2.16. The van der Waals surface area contributed by atoms with Gasteiger partial charge in [0.2, 0.25) is 0 Å². The van der Waals surface area contributed by atoms with E-state index in [1.54, 1.807) is 0 Å². The van der Waals surface area contributed by atoms with Crippen LogP contribution in [0.25, 0.3) is 0 Å². The molecular formula is C17H27ClN2O. The molecule has 118 valence electrons. The minimum atomic E-state index is 0.317. The molecule has 1 aliphatic rings. The highest BCUT2D eigenvalue weighted by Gasteiger charge is 2.25. The van der Waals surface area contributed by atoms with Crippen LogP contribution in [0.2, 0.25) is 5.02 Å². The highest BCUT2D eigenvalue weighted by Crippen LogP contribution is 2.28. The van der Waals surface area contributed by atoms with E-state index in [4.69, 9.17) is 16.3 Å². The van der Waals surface area contributed by atoms with E-state index in [0.29, 0.717) is 17.7 Å². The minimum absolute atomic E-state index is 0.317. The number of nitrogens with zero attached hydrogens (tertiary/aromatic N) is 1. The van der Waals surface area contributed by atoms with Crippen molar-refractivity contribution in [2.75, 3.05) is 26.7 Å². The molecule has 1 aliphatic carbocycles. The molecule has 21 heavy (non-hydrogen) atoms. The molecule has 1 aromatic carbocycles. The predicted octanol–water partition coefficient (Wildman–Crippen LogP) is 3.87. The summed E-state index contributed by atoms with van der Waals surface area (Å²) in [6.07, 6.45) is 3.79. The van der Waals surface area contributed by atoms with E-state index >= 15 is 0 Å². The Hall–Kier alpha value is -0.770. The van der Waals surface area contributed by atoms with Crippen LogP contribution in [0.1, 0.15) is 44.7 Å². The quantitative estimate of drug-likeness (QED) is 0.749. The summed E-state index contributed by atoms with van der Waals surface area (Å²) in [5.74, 6) is 0.785. The van der Waals surface area contributed by atoms with E-state index in [1.807, 2.05) is 12.1 Å². The lowest BCUT2D eigenvalue weighted by molar-refractivity contribution is 0.232. The van der Waals surface area contributed by atoms with Crippen molar-refractivity contribution in [3.8, 4) is 5.75 Å². The van der Waals surface area contributed by atoms with E-state index in [9.17, 15) is 0 Å². The first-order valence-electron chi connectivity index (χ1n) is 7.97. The summed E-state index contributed by atoms with van der Waals surface area (Å²) < 4.78 is 5.81. The third-order valence-electron chi connectivity index (χ3n) is 4.03. The third kappa shape index (κ3) is 5.17. The first-order chi connectivity index (χ1) is 10.1. The average Bonchev–Trinajstić information content (AvgIpc) is 3.30. The fourth-order valence-electron chi connectivity index (χ4n) is 2.38. The number of rotatable bonds is 9. The zero-order valence-electron chi connectivity index (χ0n) is 13.4. The maximum atomic E-state index is 6.33. The molecule has 0 heterocycles. The molecule has 0 bridgehead atoms. The Morgan fingerprint density at radius 1 is 1.43 bits per heavy atom. The Balaban J connectivity index is 1.83. The number of halogens is 1. The molecular weight excluding hydrogens is 284 g/mol. The molecule has 0 spiro atoms. The van der Waals surface area contributed by atoms with Gasteiger partial charge in [-0.3, -0.25) is 0 Å². The fourth-order valence-corrected chi connectivity index (χ4v) is 2.62. The number of hydrogen-bond donors (Lipinski definition) is 1. The van der Waals surface area contributed by atoms with E-state index < -0.39 is 0 Å². The van der Waals surface area contributed by atoms with Gasteiger partial charge in [-0.25, -0.2) is 0 Å². The summed E-state index contributed by atoms with van der Waals surface area (Å²) in [5.41, 5.74) is 1.20. The molecule has 1 atom stereocenters. The predicted molar refractivity (Wildman–Crippen MR) is 89.3 cm³/mol. The van der Waals surface area contributed by atoms with Crippen molar-refractivity contribution in [2.45, 2.75) is 45.2 Å². The number of hydrogen-bond acceptors (Lipinski definition) is 3. The normalized spacial score (nSPS) is 16.2. The first-order valence-corrected chi connectivity index (χ1v) is 8.35. The first kappa shape index (κ1) is 16.6. The van der Waals surface area contributed by atoms with Gasteiger partial charge in [0.15, 0.2) is 0 Å². The maximum absolute atomic E-state index is 6.33. The van der Waals surface area contributed by atoms with Gasteiger partial charge in [0.25, 0.3) is 0 Å². The van der Waals surface area contributed by atoms with Crippen molar-refractivity contribution in [3.63, 3.8) is 0 Å². The van der Waals surface area contributed by atoms with Gasteiger partial charge >= 0.3 is 0 Å². The summed E-state index contributed by atoms with van der Waals surface area (Å²) in [6, 6.07) is 7.18. The van der Waals surface area contributed by atoms with Crippen LogP contribution in [-0.4, -0.2) is 37.7 Å². The van der Waals surface area contributed by atoms with Crippen LogP contribution >= 0.6 is 11.6 Å². The van der Waals surface area contributed by atoms with Crippen LogP contribution < -0.4 is 10.1 Å². The lowest BCUT2D eigenvalue weighted by Gasteiger charge is -2.18. The lowest BCUT2D eigenvalue weighted by atomic mass is 10.1.